The van der Waals surface area contributed by atoms with Gasteiger partial charge < -0.3 is 4.74 Å². The van der Waals surface area contributed by atoms with E-state index in [4.69, 9.17) is 4.74 Å². The Balaban J connectivity index is 2.31. The third-order valence-electron chi connectivity index (χ3n) is 2.72. The third kappa shape index (κ3) is 3.27. The molecule has 20 heavy (non-hydrogen) atoms. The Morgan fingerprint density at radius 2 is 2.25 bits per heavy atom. The van der Waals surface area contributed by atoms with Crippen molar-refractivity contribution in [1.82, 2.24) is 15.0 Å². The van der Waals surface area contributed by atoms with E-state index in [1.165, 1.54) is 0 Å². The second kappa shape index (κ2) is 6.49. The summed E-state index contributed by atoms with van der Waals surface area (Å²) in [7, 11) is 0. The van der Waals surface area contributed by atoms with Gasteiger partial charge in [0, 0.05) is 4.88 Å². The first-order valence-electron chi connectivity index (χ1n) is 6.37. The standard InChI is InChI=1S/C13H16BrN3O2S/c1-4-19-13(18)11-12(8(2)3)17(16-15-11)7-9-5-6-10(14)20-9/h5-6,8H,4,7H2,1-3H3. The van der Waals surface area contributed by atoms with Crippen molar-refractivity contribution in [2.45, 2.75) is 33.2 Å². The van der Waals surface area contributed by atoms with Crippen LogP contribution in [0, 0.1) is 0 Å². The van der Waals surface area contributed by atoms with Gasteiger partial charge in [-0.1, -0.05) is 19.1 Å². The van der Waals surface area contributed by atoms with Crippen LogP contribution in [-0.2, 0) is 11.3 Å². The number of esters is 1. The van der Waals surface area contributed by atoms with Crippen molar-refractivity contribution in [1.29, 1.82) is 0 Å². The maximum absolute atomic E-state index is 11.9. The molecule has 0 fully saturated rings. The van der Waals surface area contributed by atoms with Crippen molar-refractivity contribution >= 4 is 33.2 Å². The molecule has 7 heteroatoms. The number of carbonyl (C=O) groups is 1. The largest absolute Gasteiger partial charge is 0.461 e. The number of hydrogen-bond donors (Lipinski definition) is 0. The molecular weight excluding hydrogens is 342 g/mol. The Morgan fingerprint density at radius 1 is 1.50 bits per heavy atom. The van der Waals surface area contributed by atoms with E-state index < -0.39 is 5.97 Å². The number of halogens is 1. The number of hydrogen-bond acceptors (Lipinski definition) is 5. The van der Waals surface area contributed by atoms with Crippen molar-refractivity contribution < 1.29 is 9.53 Å². The summed E-state index contributed by atoms with van der Waals surface area (Å²) in [4.78, 5) is 13.0. The van der Waals surface area contributed by atoms with E-state index in [2.05, 4.69) is 26.2 Å². The van der Waals surface area contributed by atoms with Crippen molar-refractivity contribution in [3.8, 4) is 0 Å². The van der Waals surface area contributed by atoms with Gasteiger partial charge in [-0.15, -0.1) is 16.4 Å². The van der Waals surface area contributed by atoms with Crippen LogP contribution in [0.1, 0.15) is 47.7 Å². The normalized spacial score (nSPS) is 11.1. The lowest BCUT2D eigenvalue weighted by atomic mass is 10.1. The molecule has 0 unspecified atom stereocenters. The highest BCUT2D eigenvalue weighted by atomic mass is 79.9. The van der Waals surface area contributed by atoms with Crippen molar-refractivity contribution in [2.24, 2.45) is 0 Å². The zero-order valence-corrected chi connectivity index (χ0v) is 14.0. The van der Waals surface area contributed by atoms with Gasteiger partial charge in [-0.3, -0.25) is 0 Å². The number of ether oxygens (including phenoxy) is 1. The number of nitrogens with zero attached hydrogens (tertiary/aromatic N) is 3. The Hall–Kier alpha value is -1.21. The molecule has 0 aliphatic heterocycles. The van der Waals surface area contributed by atoms with Crippen LogP contribution in [0.15, 0.2) is 15.9 Å². The van der Waals surface area contributed by atoms with E-state index in [0.29, 0.717) is 18.8 Å². The smallest absolute Gasteiger partial charge is 0.360 e. The molecule has 2 aromatic heterocycles. The maximum Gasteiger partial charge on any atom is 0.360 e. The van der Waals surface area contributed by atoms with Crippen LogP contribution in [0.5, 0.6) is 0 Å². The van der Waals surface area contributed by atoms with Crippen LogP contribution < -0.4 is 0 Å². The molecule has 2 heterocycles. The fraction of sp³-hybridized carbons (Fsp3) is 0.462. The van der Waals surface area contributed by atoms with E-state index in [-0.39, 0.29) is 5.92 Å². The van der Waals surface area contributed by atoms with Gasteiger partial charge in [0.05, 0.1) is 22.6 Å². The average Bonchev–Trinajstić information content (AvgIpc) is 2.96. The third-order valence-corrected chi connectivity index (χ3v) is 4.33. The van der Waals surface area contributed by atoms with Crippen LogP contribution >= 0.6 is 27.3 Å². The zero-order valence-electron chi connectivity index (χ0n) is 11.6. The lowest BCUT2D eigenvalue weighted by molar-refractivity contribution is 0.0517. The minimum atomic E-state index is -0.408. The minimum Gasteiger partial charge on any atom is -0.461 e. The van der Waals surface area contributed by atoms with E-state index >= 15 is 0 Å². The van der Waals surface area contributed by atoms with E-state index in [1.807, 2.05) is 26.0 Å². The number of thiophene rings is 1. The molecule has 2 rings (SSSR count). The molecule has 0 radical (unpaired) electrons. The maximum atomic E-state index is 11.9. The van der Waals surface area contributed by atoms with Gasteiger partial charge in [-0.25, -0.2) is 9.48 Å². The highest BCUT2D eigenvalue weighted by Crippen LogP contribution is 2.25. The summed E-state index contributed by atoms with van der Waals surface area (Å²) in [5.74, 6) is -0.261. The molecule has 0 saturated carbocycles. The van der Waals surface area contributed by atoms with E-state index in [0.717, 1.165) is 14.4 Å². The summed E-state index contributed by atoms with van der Waals surface area (Å²) in [5.41, 5.74) is 1.13. The fourth-order valence-corrected chi connectivity index (χ4v) is 3.40. The Bertz CT molecular complexity index is 607. The van der Waals surface area contributed by atoms with Crippen molar-refractivity contribution in [3.63, 3.8) is 0 Å². The summed E-state index contributed by atoms with van der Waals surface area (Å²) in [6.07, 6.45) is 0. The van der Waals surface area contributed by atoms with Crippen LogP contribution in [0.2, 0.25) is 0 Å². The van der Waals surface area contributed by atoms with Gasteiger partial charge in [0.15, 0.2) is 5.69 Å². The van der Waals surface area contributed by atoms with Gasteiger partial charge in [-0.2, -0.15) is 0 Å². The Morgan fingerprint density at radius 3 is 2.80 bits per heavy atom. The molecule has 0 aliphatic carbocycles. The molecule has 0 amide bonds. The summed E-state index contributed by atoms with van der Waals surface area (Å²) in [6, 6.07) is 4.03. The van der Waals surface area contributed by atoms with Gasteiger partial charge in [0.2, 0.25) is 0 Å². The van der Waals surface area contributed by atoms with Gasteiger partial charge in [0.1, 0.15) is 0 Å². The monoisotopic (exact) mass is 357 g/mol. The van der Waals surface area contributed by atoms with E-state index in [9.17, 15) is 4.79 Å². The fourth-order valence-electron chi connectivity index (χ4n) is 1.94. The van der Waals surface area contributed by atoms with Crippen LogP contribution in [-0.4, -0.2) is 27.6 Å². The topological polar surface area (TPSA) is 57.0 Å². The number of rotatable bonds is 5. The second-order valence-corrected chi connectivity index (χ2v) is 7.11. The summed E-state index contributed by atoms with van der Waals surface area (Å²) < 4.78 is 7.87. The first-order chi connectivity index (χ1) is 9.52. The molecule has 0 aromatic carbocycles. The van der Waals surface area contributed by atoms with Crippen molar-refractivity contribution in [2.75, 3.05) is 6.61 Å². The highest BCUT2D eigenvalue weighted by molar-refractivity contribution is 9.11. The van der Waals surface area contributed by atoms with Crippen LogP contribution in [0.4, 0.5) is 0 Å². The molecule has 0 aliphatic rings. The van der Waals surface area contributed by atoms with Gasteiger partial charge in [0.25, 0.3) is 0 Å². The average molecular weight is 358 g/mol. The van der Waals surface area contributed by atoms with E-state index in [1.54, 1.807) is 22.9 Å². The van der Waals surface area contributed by atoms with Crippen LogP contribution in [0.25, 0.3) is 0 Å². The quantitative estimate of drug-likeness (QED) is 0.769. The first kappa shape index (κ1) is 15.2. The van der Waals surface area contributed by atoms with Crippen molar-refractivity contribution in [3.05, 3.63) is 32.2 Å². The van der Waals surface area contributed by atoms with Gasteiger partial charge >= 0.3 is 5.97 Å². The minimum absolute atomic E-state index is 0.146. The molecular formula is C13H16BrN3O2S. The number of aromatic nitrogens is 3. The predicted molar refractivity (Wildman–Crippen MR) is 81.2 cm³/mol. The summed E-state index contributed by atoms with van der Waals surface area (Å²) >= 11 is 5.08. The lowest BCUT2D eigenvalue weighted by Gasteiger charge is -2.09. The Kier molecular flexibility index (Phi) is 4.93. The molecule has 2 aromatic rings. The molecule has 0 saturated heterocycles. The second-order valence-electron chi connectivity index (χ2n) is 4.56. The zero-order chi connectivity index (χ0) is 14.7. The molecule has 108 valence electrons. The predicted octanol–water partition coefficient (Wildman–Crippen LogP) is 3.45. The molecule has 0 spiro atoms. The highest BCUT2D eigenvalue weighted by Gasteiger charge is 2.23. The molecule has 0 atom stereocenters. The molecule has 5 nitrogen and oxygen atoms in total. The molecule has 0 bridgehead atoms. The summed E-state index contributed by atoms with van der Waals surface area (Å²) in [6.45, 7) is 6.75. The van der Waals surface area contributed by atoms with Gasteiger partial charge in [-0.05, 0) is 40.9 Å². The van der Waals surface area contributed by atoms with Crippen LogP contribution in [0.3, 0.4) is 0 Å². The molecule has 0 N–H and O–H groups in total. The first-order valence-corrected chi connectivity index (χ1v) is 7.98. The SMILES string of the molecule is CCOC(=O)c1nnn(Cc2ccc(Br)s2)c1C(C)C. The number of carbonyl (C=O) groups excluding carboxylic acids is 1. The Labute approximate surface area is 130 Å². The lowest BCUT2D eigenvalue weighted by Crippen LogP contribution is -2.12. The summed E-state index contributed by atoms with van der Waals surface area (Å²) in [5, 5.41) is 8.09.